The fourth-order valence-electron chi connectivity index (χ4n) is 1.47. The summed E-state index contributed by atoms with van der Waals surface area (Å²) in [7, 11) is 0. The molecule has 0 spiro atoms. The molecule has 0 amide bonds. The van der Waals surface area contributed by atoms with Crippen LogP contribution in [0.25, 0.3) is 0 Å². The van der Waals surface area contributed by atoms with E-state index in [2.05, 4.69) is 5.16 Å². The molecule has 0 unspecified atom stereocenters. The van der Waals surface area contributed by atoms with Crippen molar-refractivity contribution < 1.29 is 4.52 Å². The van der Waals surface area contributed by atoms with E-state index < -0.39 is 0 Å². The van der Waals surface area contributed by atoms with Crippen molar-refractivity contribution in [3.8, 4) is 0 Å². The standard InChI is InChI=1S/C8H11NO/c1-2-4-7-6-10-9-8(7)5-3-1/h6H,1-5H2. The number of fused-ring (bicyclic) bond motifs is 1. The van der Waals surface area contributed by atoms with E-state index in [0.717, 1.165) is 6.42 Å². The van der Waals surface area contributed by atoms with Gasteiger partial charge in [-0.25, -0.2) is 0 Å². The van der Waals surface area contributed by atoms with Crippen LogP contribution in [0.3, 0.4) is 0 Å². The third-order valence-corrected chi connectivity index (χ3v) is 2.09. The summed E-state index contributed by atoms with van der Waals surface area (Å²) in [6, 6.07) is 0. The molecule has 2 rings (SSSR count). The lowest BCUT2D eigenvalue weighted by atomic mass is 10.2. The number of aromatic nitrogens is 1. The highest BCUT2D eigenvalue weighted by Gasteiger charge is 2.10. The third-order valence-electron chi connectivity index (χ3n) is 2.09. The van der Waals surface area contributed by atoms with Gasteiger partial charge in [0, 0.05) is 5.56 Å². The highest BCUT2D eigenvalue weighted by Crippen LogP contribution is 2.18. The van der Waals surface area contributed by atoms with Crippen LogP contribution in [0.5, 0.6) is 0 Å². The summed E-state index contributed by atoms with van der Waals surface area (Å²) in [5, 5.41) is 3.94. The van der Waals surface area contributed by atoms with E-state index in [9.17, 15) is 0 Å². The Labute approximate surface area is 60.2 Å². The molecule has 0 aromatic carbocycles. The summed E-state index contributed by atoms with van der Waals surface area (Å²) >= 11 is 0. The van der Waals surface area contributed by atoms with Gasteiger partial charge in [-0.1, -0.05) is 11.6 Å². The zero-order chi connectivity index (χ0) is 6.81. The van der Waals surface area contributed by atoms with Crippen molar-refractivity contribution in [3.63, 3.8) is 0 Å². The van der Waals surface area contributed by atoms with Crippen LogP contribution < -0.4 is 0 Å². The topological polar surface area (TPSA) is 26.0 Å². The fraction of sp³-hybridized carbons (Fsp3) is 0.625. The van der Waals surface area contributed by atoms with Crippen molar-refractivity contribution in [2.24, 2.45) is 0 Å². The molecule has 0 saturated carbocycles. The van der Waals surface area contributed by atoms with Crippen LogP contribution in [0.15, 0.2) is 10.8 Å². The molecule has 1 aliphatic rings. The highest BCUT2D eigenvalue weighted by molar-refractivity contribution is 5.15. The summed E-state index contributed by atoms with van der Waals surface area (Å²) in [6.45, 7) is 0. The Hall–Kier alpha value is -0.790. The van der Waals surface area contributed by atoms with Gasteiger partial charge in [0.25, 0.3) is 0 Å². The lowest BCUT2D eigenvalue weighted by Crippen LogP contribution is -1.85. The average molecular weight is 137 g/mol. The second-order valence-electron chi connectivity index (χ2n) is 2.85. The Bertz CT molecular complexity index is 196. The van der Waals surface area contributed by atoms with E-state index >= 15 is 0 Å². The SMILES string of the molecule is c1onc2c1CCCCC2. The monoisotopic (exact) mass is 137 g/mol. The van der Waals surface area contributed by atoms with Crippen molar-refractivity contribution in [3.05, 3.63) is 17.5 Å². The predicted octanol–water partition coefficient (Wildman–Crippen LogP) is 1.94. The zero-order valence-corrected chi connectivity index (χ0v) is 5.97. The van der Waals surface area contributed by atoms with Gasteiger partial charge in [0.15, 0.2) is 0 Å². The van der Waals surface area contributed by atoms with E-state index in [1.807, 2.05) is 0 Å². The van der Waals surface area contributed by atoms with Gasteiger partial charge in [0.05, 0.1) is 5.69 Å². The number of nitrogens with zero attached hydrogens (tertiary/aromatic N) is 1. The molecule has 0 bridgehead atoms. The molecule has 1 aromatic heterocycles. The molecule has 0 saturated heterocycles. The highest BCUT2D eigenvalue weighted by atomic mass is 16.5. The molecule has 10 heavy (non-hydrogen) atoms. The van der Waals surface area contributed by atoms with Gasteiger partial charge in [-0.05, 0) is 25.7 Å². The quantitative estimate of drug-likeness (QED) is 0.511. The summed E-state index contributed by atoms with van der Waals surface area (Å²) in [5.74, 6) is 0. The third kappa shape index (κ3) is 0.939. The Morgan fingerprint density at radius 3 is 3.10 bits per heavy atom. The maximum Gasteiger partial charge on any atom is 0.127 e. The Morgan fingerprint density at radius 1 is 1.20 bits per heavy atom. The van der Waals surface area contributed by atoms with Crippen LogP contribution in [-0.4, -0.2) is 5.16 Å². The fourth-order valence-corrected chi connectivity index (χ4v) is 1.47. The number of hydrogen-bond donors (Lipinski definition) is 0. The Morgan fingerprint density at radius 2 is 2.10 bits per heavy atom. The first kappa shape index (κ1) is 5.96. The van der Waals surface area contributed by atoms with E-state index in [-0.39, 0.29) is 0 Å². The van der Waals surface area contributed by atoms with Crippen LogP contribution in [0.1, 0.15) is 30.5 Å². The maximum atomic E-state index is 4.87. The zero-order valence-electron chi connectivity index (χ0n) is 5.97. The minimum Gasteiger partial charge on any atom is -0.364 e. The molecule has 0 radical (unpaired) electrons. The van der Waals surface area contributed by atoms with Crippen molar-refractivity contribution in [1.29, 1.82) is 0 Å². The summed E-state index contributed by atoms with van der Waals surface area (Å²) in [5.41, 5.74) is 2.52. The first-order valence-electron chi connectivity index (χ1n) is 3.89. The van der Waals surface area contributed by atoms with Crippen molar-refractivity contribution in [2.75, 3.05) is 0 Å². The molecule has 0 aliphatic heterocycles. The van der Waals surface area contributed by atoms with Gasteiger partial charge in [-0.15, -0.1) is 0 Å². The van der Waals surface area contributed by atoms with Crippen LogP contribution >= 0.6 is 0 Å². The van der Waals surface area contributed by atoms with Gasteiger partial charge in [-0.3, -0.25) is 0 Å². The van der Waals surface area contributed by atoms with E-state index in [1.165, 1.54) is 36.9 Å². The molecular formula is C8H11NO. The molecule has 1 aliphatic carbocycles. The van der Waals surface area contributed by atoms with E-state index in [4.69, 9.17) is 4.52 Å². The number of rotatable bonds is 0. The van der Waals surface area contributed by atoms with Gasteiger partial charge < -0.3 is 4.52 Å². The van der Waals surface area contributed by atoms with Crippen LogP contribution in [0.4, 0.5) is 0 Å². The lowest BCUT2D eigenvalue weighted by molar-refractivity contribution is 0.408. The maximum absolute atomic E-state index is 4.87. The largest absolute Gasteiger partial charge is 0.364 e. The smallest absolute Gasteiger partial charge is 0.127 e. The van der Waals surface area contributed by atoms with Crippen LogP contribution in [0.2, 0.25) is 0 Å². The summed E-state index contributed by atoms with van der Waals surface area (Å²) < 4.78 is 4.87. The lowest BCUT2D eigenvalue weighted by Gasteiger charge is -1.88. The second kappa shape index (κ2) is 2.45. The normalized spacial score (nSPS) is 18.0. The average Bonchev–Trinajstić information content (AvgIpc) is 2.28. The van der Waals surface area contributed by atoms with Gasteiger partial charge in [0.2, 0.25) is 0 Å². The van der Waals surface area contributed by atoms with Gasteiger partial charge in [-0.2, -0.15) is 0 Å². The first-order valence-corrected chi connectivity index (χ1v) is 3.89. The molecular weight excluding hydrogens is 126 g/mol. The molecule has 2 nitrogen and oxygen atoms in total. The molecule has 0 atom stereocenters. The molecule has 1 heterocycles. The molecule has 54 valence electrons. The van der Waals surface area contributed by atoms with Gasteiger partial charge >= 0.3 is 0 Å². The van der Waals surface area contributed by atoms with Crippen molar-refractivity contribution >= 4 is 0 Å². The van der Waals surface area contributed by atoms with Crippen LogP contribution in [-0.2, 0) is 12.8 Å². The predicted molar refractivity (Wildman–Crippen MR) is 37.8 cm³/mol. The minimum atomic E-state index is 1.12. The number of aryl methyl sites for hydroxylation is 2. The summed E-state index contributed by atoms with van der Waals surface area (Å²) in [4.78, 5) is 0. The van der Waals surface area contributed by atoms with Crippen molar-refractivity contribution in [2.45, 2.75) is 32.1 Å². The van der Waals surface area contributed by atoms with Crippen LogP contribution in [0, 0.1) is 0 Å². The molecule has 0 N–H and O–H groups in total. The number of hydrogen-bond acceptors (Lipinski definition) is 2. The summed E-state index contributed by atoms with van der Waals surface area (Å²) in [6.07, 6.45) is 8.00. The van der Waals surface area contributed by atoms with E-state index in [0.29, 0.717) is 0 Å². The molecule has 2 heteroatoms. The van der Waals surface area contributed by atoms with E-state index in [1.54, 1.807) is 6.26 Å². The molecule has 0 fully saturated rings. The Kier molecular flexibility index (Phi) is 1.46. The Balaban J connectivity index is 2.28. The first-order chi connectivity index (χ1) is 4.97. The van der Waals surface area contributed by atoms with Crippen molar-refractivity contribution in [1.82, 2.24) is 5.16 Å². The van der Waals surface area contributed by atoms with Gasteiger partial charge in [0.1, 0.15) is 6.26 Å². The second-order valence-corrected chi connectivity index (χ2v) is 2.85. The molecule has 1 aromatic rings. The minimum absolute atomic E-state index is 1.12.